The number of hydrogen-bond acceptors (Lipinski definition) is 4. The molecule has 2 N–H and O–H groups in total. The molecule has 1 heterocycles. The standard InChI is InChI=1S/C12H14F3N3O2/c13-5-12(17(6-14)8-20-18(12)7-15)10-4-2-1-3-9(10)11(16)19/h1-4H,5-8H2,(H2,16,19). The third kappa shape index (κ3) is 2.05. The maximum atomic E-state index is 13.7. The molecule has 1 aliphatic heterocycles. The molecule has 1 saturated heterocycles. The maximum absolute atomic E-state index is 13.7. The van der Waals surface area contributed by atoms with Crippen LogP contribution in [0.4, 0.5) is 13.2 Å². The van der Waals surface area contributed by atoms with Crippen molar-refractivity contribution in [1.82, 2.24) is 9.96 Å². The quantitative estimate of drug-likeness (QED) is 0.829. The van der Waals surface area contributed by atoms with Crippen LogP contribution in [0.25, 0.3) is 0 Å². The Kier molecular flexibility index (Phi) is 4.26. The number of carbonyl (C=O) groups is 1. The van der Waals surface area contributed by atoms with Crippen LogP contribution in [0.1, 0.15) is 15.9 Å². The molecule has 1 unspecified atom stereocenters. The number of amides is 1. The summed E-state index contributed by atoms with van der Waals surface area (Å²) < 4.78 is 39.9. The first kappa shape index (κ1) is 14.8. The lowest BCUT2D eigenvalue weighted by Crippen LogP contribution is -2.53. The van der Waals surface area contributed by atoms with E-state index in [2.05, 4.69) is 0 Å². The van der Waals surface area contributed by atoms with Crippen molar-refractivity contribution in [3.8, 4) is 0 Å². The molecule has 1 aliphatic rings. The van der Waals surface area contributed by atoms with Gasteiger partial charge < -0.3 is 5.73 Å². The van der Waals surface area contributed by atoms with Gasteiger partial charge in [-0.3, -0.25) is 9.63 Å². The first-order chi connectivity index (χ1) is 9.61. The van der Waals surface area contributed by atoms with E-state index in [1.807, 2.05) is 0 Å². The minimum atomic E-state index is -1.84. The van der Waals surface area contributed by atoms with E-state index in [0.717, 1.165) is 4.90 Å². The normalized spacial score (nSPS) is 24.1. The maximum Gasteiger partial charge on any atom is 0.249 e. The third-order valence-electron chi connectivity index (χ3n) is 3.37. The van der Waals surface area contributed by atoms with Gasteiger partial charge in [0.2, 0.25) is 5.91 Å². The number of primary amides is 1. The molecule has 20 heavy (non-hydrogen) atoms. The van der Waals surface area contributed by atoms with Gasteiger partial charge in [0.15, 0.2) is 12.5 Å². The van der Waals surface area contributed by atoms with Gasteiger partial charge in [0, 0.05) is 11.1 Å². The summed E-state index contributed by atoms with van der Waals surface area (Å²) in [5.41, 5.74) is 3.47. The van der Waals surface area contributed by atoms with E-state index < -0.39 is 31.8 Å². The van der Waals surface area contributed by atoms with Crippen molar-refractivity contribution in [3.05, 3.63) is 35.4 Å². The van der Waals surface area contributed by atoms with Crippen molar-refractivity contribution in [2.24, 2.45) is 5.73 Å². The zero-order chi connectivity index (χ0) is 14.8. The topological polar surface area (TPSA) is 58.8 Å². The van der Waals surface area contributed by atoms with Crippen molar-refractivity contribution in [3.63, 3.8) is 0 Å². The zero-order valence-electron chi connectivity index (χ0n) is 10.6. The summed E-state index contributed by atoms with van der Waals surface area (Å²) in [6.45, 7) is -3.70. The molecule has 0 aromatic heterocycles. The van der Waals surface area contributed by atoms with Gasteiger partial charge in [-0.05, 0) is 6.07 Å². The predicted octanol–water partition coefficient (Wildman–Crippen LogP) is 1.27. The van der Waals surface area contributed by atoms with E-state index in [9.17, 15) is 18.0 Å². The van der Waals surface area contributed by atoms with Gasteiger partial charge in [-0.15, -0.1) is 5.06 Å². The number of alkyl halides is 3. The minimum Gasteiger partial charge on any atom is -0.366 e. The highest BCUT2D eigenvalue weighted by Crippen LogP contribution is 2.39. The lowest BCUT2D eigenvalue weighted by atomic mass is 9.93. The van der Waals surface area contributed by atoms with Crippen LogP contribution >= 0.6 is 0 Å². The molecule has 2 rings (SSSR count). The molecule has 1 aromatic carbocycles. The molecule has 0 aliphatic carbocycles. The van der Waals surface area contributed by atoms with Crippen molar-refractivity contribution < 1.29 is 22.8 Å². The number of benzene rings is 1. The molecule has 1 fully saturated rings. The van der Waals surface area contributed by atoms with Crippen molar-refractivity contribution in [2.75, 3.05) is 27.0 Å². The molecule has 0 bridgehead atoms. The van der Waals surface area contributed by atoms with Crippen LogP contribution in [0.5, 0.6) is 0 Å². The Hall–Kier alpha value is -1.64. The van der Waals surface area contributed by atoms with E-state index in [1.165, 1.54) is 24.3 Å². The van der Waals surface area contributed by atoms with Gasteiger partial charge >= 0.3 is 0 Å². The number of rotatable bonds is 5. The van der Waals surface area contributed by atoms with Gasteiger partial charge in [-0.2, -0.15) is 0 Å². The summed E-state index contributed by atoms with van der Waals surface area (Å²) >= 11 is 0. The molecule has 8 heteroatoms. The molecular formula is C12H14F3N3O2. The largest absolute Gasteiger partial charge is 0.366 e. The molecule has 5 nitrogen and oxygen atoms in total. The third-order valence-corrected chi connectivity index (χ3v) is 3.37. The Bertz CT molecular complexity index is 489. The van der Waals surface area contributed by atoms with E-state index in [0.29, 0.717) is 5.06 Å². The monoisotopic (exact) mass is 289 g/mol. The summed E-state index contributed by atoms with van der Waals surface area (Å²) in [5, 5.41) is 0.675. The van der Waals surface area contributed by atoms with Crippen LogP contribution in [-0.4, -0.2) is 42.9 Å². The number of nitrogens with zero attached hydrogens (tertiary/aromatic N) is 2. The van der Waals surface area contributed by atoms with Crippen LogP contribution in [0, 0.1) is 0 Å². The number of hydrogen-bond donors (Lipinski definition) is 1. The summed E-state index contributed by atoms with van der Waals surface area (Å²) in [5.74, 6) is -0.807. The summed E-state index contributed by atoms with van der Waals surface area (Å²) in [6, 6.07) is 5.84. The number of hydroxylamine groups is 2. The molecule has 0 spiro atoms. The van der Waals surface area contributed by atoms with Crippen molar-refractivity contribution in [1.29, 1.82) is 0 Å². The molecule has 0 saturated carbocycles. The van der Waals surface area contributed by atoms with Crippen LogP contribution < -0.4 is 5.73 Å². The lowest BCUT2D eigenvalue weighted by molar-refractivity contribution is -0.199. The fraction of sp³-hybridized carbons (Fsp3) is 0.417. The molecule has 1 atom stereocenters. The smallest absolute Gasteiger partial charge is 0.249 e. The van der Waals surface area contributed by atoms with Crippen molar-refractivity contribution in [2.45, 2.75) is 5.66 Å². The predicted molar refractivity (Wildman–Crippen MR) is 64.2 cm³/mol. The Labute approximate surface area is 113 Å². The molecular weight excluding hydrogens is 275 g/mol. The van der Waals surface area contributed by atoms with Crippen molar-refractivity contribution >= 4 is 5.91 Å². The average molecular weight is 289 g/mol. The average Bonchev–Trinajstić information content (AvgIpc) is 2.85. The van der Waals surface area contributed by atoms with Crippen LogP contribution in [-0.2, 0) is 10.5 Å². The van der Waals surface area contributed by atoms with Gasteiger partial charge in [0.25, 0.3) is 0 Å². The Morgan fingerprint density at radius 1 is 1.30 bits per heavy atom. The Morgan fingerprint density at radius 2 is 2.00 bits per heavy atom. The second-order valence-electron chi connectivity index (χ2n) is 4.28. The zero-order valence-corrected chi connectivity index (χ0v) is 10.6. The fourth-order valence-electron chi connectivity index (χ4n) is 2.35. The number of nitrogens with two attached hydrogens (primary N) is 1. The second kappa shape index (κ2) is 5.78. The van der Waals surface area contributed by atoms with Crippen LogP contribution in [0.2, 0.25) is 0 Å². The molecule has 1 amide bonds. The van der Waals surface area contributed by atoms with Gasteiger partial charge in [-0.1, -0.05) is 18.2 Å². The SMILES string of the molecule is NC(=O)c1ccccc1C1(CF)N(CF)CON1CF. The highest BCUT2D eigenvalue weighted by Gasteiger charge is 2.52. The first-order valence-electron chi connectivity index (χ1n) is 5.84. The minimum absolute atomic E-state index is 0.00690. The summed E-state index contributed by atoms with van der Waals surface area (Å²) in [7, 11) is 0. The molecule has 0 radical (unpaired) electrons. The summed E-state index contributed by atoms with van der Waals surface area (Å²) in [6.07, 6.45) is 0. The van der Waals surface area contributed by atoms with Crippen LogP contribution in [0.15, 0.2) is 24.3 Å². The summed E-state index contributed by atoms with van der Waals surface area (Å²) in [4.78, 5) is 17.4. The molecule has 1 aromatic rings. The van der Waals surface area contributed by atoms with E-state index in [-0.39, 0.29) is 17.9 Å². The van der Waals surface area contributed by atoms with Crippen LogP contribution in [0.3, 0.4) is 0 Å². The van der Waals surface area contributed by atoms with E-state index in [1.54, 1.807) is 0 Å². The first-order valence-corrected chi connectivity index (χ1v) is 5.84. The number of carbonyl (C=O) groups excluding carboxylic acids is 1. The lowest BCUT2D eigenvalue weighted by Gasteiger charge is -2.37. The Morgan fingerprint density at radius 3 is 2.55 bits per heavy atom. The number of halogens is 3. The van der Waals surface area contributed by atoms with Gasteiger partial charge in [0.05, 0.1) is 0 Å². The van der Waals surface area contributed by atoms with Gasteiger partial charge in [-0.25, -0.2) is 18.1 Å². The second-order valence-corrected chi connectivity index (χ2v) is 4.28. The fourth-order valence-corrected chi connectivity index (χ4v) is 2.35. The Balaban J connectivity index is 2.62. The highest BCUT2D eigenvalue weighted by atomic mass is 19.1. The highest BCUT2D eigenvalue weighted by molar-refractivity contribution is 5.94. The van der Waals surface area contributed by atoms with Gasteiger partial charge in [0.1, 0.15) is 20.2 Å². The molecule has 110 valence electrons. The van der Waals surface area contributed by atoms with E-state index in [4.69, 9.17) is 10.6 Å². The van der Waals surface area contributed by atoms with E-state index >= 15 is 0 Å².